The summed E-state index contributed by atoms with van der Waals surface area (Å²) in [5.74, 6) is 0. The fraction of sp³-hybridized carbons (Fsp3) is 0.381. The molecule has 1 fully saturated rings. The van der Waals surface area contributed by atoms with E-state index in [9.17, 15) is 13.2 Å². The van der Waals surface area contributed by atoms with Gasteiger partial charge in [-0.1, -0.05) is 54.4 Å². The summed E-state index contributed by atoms with van der Waals surface area (Å²) in [7, 11) is -3.54. The molecule has 0 unspecified atom stereocenters. The van der Waals surface area contributed by atoms with Crippen LogP contribution in [0.4, 0.5) is 4.79 Å². The van der Waals surface area contributed by atoms with E-state index in [1.165, 1.54) is 5.56 Å². The predicted molar refractivity (Wildman–Crippen MR) is 109 cm³/mol. The maximum absolute atomic E-state index is 13.0. The molecule has 2 N–H and O–H groups in total. The van der Waals surface area contributed by atoms with Crippen molar-refractivity contribution in [3.05, 3.63) is 65.2 Å². The maximum atomic E-state index is 13.0. The minimum atomic E-state index is -3.54. The number of amides is 2. The van der Waals surface area contributed by atoms with Crippen LogP contribution in [0, 0.1) is 6.92 Å². The summed E-state index contributed by atoms with van der Waals surface area (Å²) in [5.41, 5.74) is 2.77. The molecule has 0 bridgehead atoms. The summed E-state index contributed by atoms with van der Waals surface area (Å²) in [4.78, 5) is 12.4. The Morgan fingerprint density at radius 2 is 1.57 bits per heavy atom. The second-order valence-corrected chi connectivity index (χ2v) is 9.00. The van der Waals surface area contributed by atoms with Gasteiger partial charge in [-0.2, -0.15) is 4.31 Å². The number of rotatable bonds is 6. The molecule has 1 aliphatic heterocycles. The van der Waals surface area contributed by atoms with Crippen molar-refractivity contribution in [3.63, 3.8) is 0 Å². The van der Waals surface area contributed by atoms with Gasteiger partial charge >= 0.3 is 6.03 Å². The lowest BCUT2D eigenvalue weighted by Gasteiger charge is -2.26. The average molecular weight is 402 g/mol. The second-order valence-electron chi connectivity index (χ2n) is 7.09. The zero-order valence-corrected chi connectivity index (χ0v) is 17.0. The molecular formula is C21H27N3O3S. The highest BCUT2D eigenvalue weighted by Gasteiger charge is 2.27. The van der Waals surface area contributed by atoms with E-state index in [1.54, 1.807) is 28.6 Å². The number of urea groups is 1. The Kier molecular flexibility index (Phi) is 6.70. The number of hydrogen-bond acceptors (Lipinski definition) is 3. The number of aryl methyl sites for hydroxylation is 1. The van der Waals surface area contributed by atoms with Gasteiger partial charge in [0.25, 0.3) is 0 Å². The molecule has 2 aromatic rings. The molecule has 28 heavy (non-hydrogen) atoms. The fourth-order valence-electron chi connectivity index (χ4n) is 3.27. The molecule has 150 valence electrons. The highest BCUT2D eigenvalue weighted by molar-refractivity contribution is 7.89. The van der Waals surface area contributed by atoms with E-state index in [1.807, 2.05) is 31.2 Å². The van der Waals surface area contributed by atoms with Crippen molar-refractivity contribution in [2.24, 2.45) is 0 Å². The number of carbonyl (C=O) groups excluding carboxylic acids is 1. The van der Waals surface area contributed by atoms with Crippen molar-refractivity contribution in [1.29, 1.82) is 0 Å². The lowest BCUT2D eigenvalue weighted by atomic mass is 10.1. The van der Waals surface area contributed by atoms with Crippen molar-refractivity contribution < 1.29 is 13.2 Å². The molecule has 2 amide bonds. The summed E-state index contributed by atoms with van der Waals surface area (Å²) < 4.78 is 27.5. The molecule has 1 heterocycles. The highest BCUT2D eigenvalue weighted by atomic mass is 32.2. The summed E-state index contributed by atoms with van der Waals surface area (Å²) in [6, 6.07) is 14.5. The van der Waals surface area contributed by atoms with Crippen molar-refractivity contribution in [2.45, 2.75) is 44.2 Å². The van der Waals surface area contributed by atoms with Crippen LogP contribution in [-0.4, -0.2) is 31.8 Å². The first-order chi connectivity index (χ1) is 13.5. The Hall–Kier alpha value is -2.38. The number of hydrogen-bond donors (Lipinski definition) is 2. The quantitative estimate of drug-likeness (QED) is 0.780. The molecule has 0 aromatic heterocycles. The zero-order chi connectivity index (χ0) is 20.0. The van der Waals surface area contributed by atoms with E-state index in [-0.39, 0.29) is 17.5 Å². The monoisotopic (exact) mass is 401 g/mol. The number of nitrogens with one attached hydrogen (secondary N) is 2. The number of piperidine rings is 1. The fourth-order valence-corrected chi connectivity index (χ4v) is 5.01. The largest absolute Gasteiger partial charge is 0.334 e. The predicted octanol–water partition coefficient (Wildman–Crippen LogP) is 3.17. The number of benzene rings is 2. The maximum Gasteiger partial charge on any atom is 0.315 e. The third-order valence-electron chi connectivity index (χ3n) is 4.92. The summed E-state index contributed by atoms with van der Waals surface area (Å²) in [6.07, 6.45) is 2.85. The first-order valence-corrected chi connectivity index (χ1v) is 11.1. The van der Waals surface area contributed by atoms with Gasteiger partial charge in [0, 0.05) is 26.2 Å². The minimum absolute atomic E-state index is 0.156. The molecule has 2 aromatic carbocycles. The van der Waals surface area contributed by atoms with Crippen LogP contribution < -0.4 is 10.6 Å². The zero-order valence-electron chi connectivity index (χ0n) is 16.1. The van der Waals surface area contributed by atoms with Crippen LogP contribution in [0.1, 0.15) is 36.0 Å². The lowest BCUT2D eigenvalue weighted by Crippen LogP contribution is -2.37. The van der Waals surface area contributed by atoms with Gasteiger partial charge in [0.2, 0.25) is 10.0 Å². The van der Waals surface area contributed by atoms with Gasteiger partial charge in [0.1, 0.15) is 0 Å². The molecule has 0 radical (unpaired) electrons. The molecule has 6 nitrogen and oxygen atoms in total. The van der Waals surface area contributed by atoms with Crippen LogP contribution in [0.25, 0.3) is 0 Å². The number of sulfonamides is 1. The van der Waals surface area contributed by atoms with Crippen LogP contribution in [-0.2, 0) is 23.1 Å². The summed E-state index contributed by atoms with van der Waals surface area (Å²) in [5, 5.41) is 5.56. The highest BCUT2D eigenvalue weighted by Crippen LogP contribution is 2.23. The second kappa shape index (κ2) is 9.21. The van der Waals surface area contributed by atoms with E-state index in [0.717, 1.165) is 24.8 Å². The molecule has 0 saturated carbocycles. The third kappa shape index (κ3) is 5.11. The Morgan fingerprint density at radius 3 is 2.29 bits per heavy atom. The Balaban J connectivity index is 1.61. The molecular weight excluding hydrogens is 374 g/mol. The Morgan fingerprint density at radius 1 is 0.929 bits per heavy atom. The van der Waals surface area contributed by atoms with Crippen molar-refractivity contribution >= 4 is 16.1 Å². The van der Waals surface area contributed by atoms with Gasteiger partial charge in [-0.25, -0.2) is 13.2 Å². The van der Waals surface area contributed by atoms with E-state index in [2.05, 4.69) is 10.6 Å². The van der Waals surface area contributed by atoms with Gasteiger partial charge in [0.05, 0.1) is 4.90 Å². The van der Waals surface area contributed by atoms with Crippen molar-refractivity contribution in [1.82, 2.24) is 14.9 Å². The van der Waals surface area contributed by atoms with E-state index < -0.39 is 10.0 Å². The number of nitrogens with zero attached hydrogens (tertiary/aromatic N) is 1. The van der Waals surface area contributed by atoms with Gasteiger partial charge in [0.15, 0.2) is 0 Å². The minimum Gasteiger partial charge on any atom is -0.334 e. The topological polar surface area (TPSA) is 78.5 Å². The van der Waals surface area contributed by atoms with E-state index in [4.69, 9.17) is 0 Å². The van der Waals surface area contributed by atoms with Gasteiger partial charge < -0.3 is 10.6 Å². The van der Waals surface area contributed by atoms with Crippen molar-refractivity contribution in [3.8, 4) is 0 Å². The lowest BCUT2D eigenvalue weighted by molar-refractivity contribution is 0.240. The first kappa shape index (κ1) is 20.4. The molecule has 0 atom stereocenters. The van der Waals surface area contributed by atoms with Crippen LogP contribution in [0.2, 0.25) is 0 Å². The molecule has 0 spiro atoms. The van der Waals surface area contributed by atoms with Gasteiger partial charge in [-0.3, -0.25) is 0 Å². The standard InChI is InChI=1S/C21H27N3O3S/c1-17-9-11-18(12-10-17)15-22-21(25)23-16-19-7-3-4-8-20(19)28(26,27)24-13-5-2-6-14-24/h3-4,7-12H,2,5-6,13-16H2,1H3,(H2,22,23,25). The van der Waals surface area contributed by atoms with Crippen LogP contribution in [0.3, 0.4) is 0 Å². The Labute approximate surface area is 167 Å². The normalized spacial score (nSPS) is 15.2. The molecule has 3 rings (SSSR count). The van der Waals surface area contributed by atoms with Crippen LogP contribution >= 0.6 is 0 Å². The molecule has 1 aliphatic rings. The van der Waals surface area contributed by atoms with E-state index in [0.29, 0.717) is 25.2 Å². The first-order valence-electron chi connectivity index (χ1n) is 9.62. The average Bonchev–Trinajstić information content (AvgIpc) is 2.72. The van der Waals surface area contributed by atoms with Gasteiger partial charge in [-0.15, -0.1) is 0 Å². The molecule has 1 saturated heterocycles. The number of carbonyl (C=O) groups is 1. The summed E-state index contributed by atoms with van der Waals surface area (Å²) in [6.45, 7) is 3.70. The summed E-state index contributed by atoms with van der Waals surface area (Å²) >= 11 is 0. The van der Waals surface area contributed by atoms with Crippen LogP contribution in [0.15, 0.2) is 53.4 Å². The van der Waals surface area contributed by atoms with E-state index >= 15 is 0 Å². The van der Waals surface area contributed by atoms with Gasteiger partial charge in [-0.05, 0) is 37.0 Å². The van der Waals surface area contributed by atoms with Crippen LogP contribution in [0.5, 0.6) is 0 Å². The molecule has 0 aliphatic carbocycles. The Bertz CT molecular complexity index is 905. The SMILES string of the molecule is Cc1ccc(CNC(=O)NCc2ccccc2S(=O)(=O)N2CCCCC2)cc1. The van der Waals surface area contributed by atoms with Crippen molar-refractivity contribution in [2.75, 3.05) is 13.1 Å². The third-order valence-corrected chi connectivity index (χ3v) is 6.92. The molecule has 7 heteroatoms. The smallest absolute Gasteiger partial charge is 0.315 e.